The van der Waals surface area contributed by atoms with Gasteiger partial charge < -0.3 is 10.4 Å². The van der Waals surface area contributed by atoms with Gasteiger partial charge in [0.2, 0.25) is 0 Å². The Morgan fingerprint density at radius 1 is 1.52 bits per heavy atom. The van der Waals surface area contributed by atoms with Crippen LogP contribution in [0.25, 0.3) is 0 Å². The number of aliphatic hydroxyl groups excluding tert-OH is 1. The van der Waals surface area contributed by atoms with Crippen molar-refractivity contribution in [3.63, 3.8) is 0 Å². The second-order valence-electron chi connectivity index (χ2n) is 5.04. The number of amides is 1. The molecule has 5 heteroatoms. The maximum absolute atomic E-state index is 13.3. The molecule has 1 aromatic carbocycles. The average Bonchev–Trinajstić information content (AvgIpc) is 3.26. The van der Waals surface area contributed by atoms with Crippen LogP contribution in [0.4, 0.5) is 4.39 Å². The van der Waals surface area contributed by atoms with Crippen molar-refractivity contribution in [2.45, 2.75) is 24.0 Å². The highest BCUT2D eigenvalue weighted by Gasteiger charge is 2.42. The summed E-state index contributed by atoms with van der Waals surface area (Å²) in [6, 6.07) is 3.96. The summed E-state index contributed by atoms with van der Waals surface area (Å²) in [6.45, 7) is 0.563. The molecule has 1 aromatic rings. The molecule has 1 aliphatic carbocycles. The number of carbonyl (C=O) groups is 1. The zero-order valence-electron chi connectivity index (χ0n) is 11.9. The Bertz CT molecular complexity index is 588. The zero-order valence-corrected chi connectivity index (χ0v) is 12.7. The Labute approximate surface area is 128 Å². The fourth-order valence-electron chi connectivity index (χ4n) is 1.96. The molecule has 1 aliphatic rings. The van der Waals surface area contributed by atoms with Gasteiger partial charge >= 0.3 is 0 Å². The predicted molar refractivity (Wildman–Crippen MR) is 82.8 cm³/mol. The van der Waals surface area contributed by atoms with Crippen molar-refractivity contribution >= 4 is 17.7 Å². The lowest BCUT2D eigenvalue weighted by Crippen LogP contribution is -2.32. The summed E-state index contributed by atoms with van der Waals surface area (Å²) in [5.74, 6) is 4.80. The van der Waals surface area contributed by atoms with Crippen LogP contribution in [0.5, 0.6) is 0 Å². The molecule has 0 unspecified atom stereocenters. The summed E-state index contributed by atoms with van der Waals surface area (Å²) in [4.78, 5) is 12.2. The smallest absolute Gasteiger partial charge is 0.252 e. The molecule has 21 heavy (non-hydrogen) atoms. The molecule has 0 radical (unpaired) electrons. The van der Waals surface area contributed by atoms with Gasteiger partial charge in [-0.15, -0.1) is 0 Å². The van der Waals surface area contributed by atoms with Crippen molar-refractivity contribution in [3.05, 3.63) is 35.1 Å². The summed E-state index contributed by atoms with van der Waals surface area (Å²) in [7, 11) is 0. The molecule has 1 amide bonds. The van der Waals surface area contributed by atoms with E-state index in [4.69, 9.17) is 5.11 Å². The Balaban J connectivity index is 2.11. The number of thioether (sulfide) groups is 1. The minimum atomic E-state index is -0.428. The Kier molecular flexibility index (Phi) is 5.27. The first-order chi connectivity index (χ1) is 10.1. The van der Waals surface area contributed by atoms with E-state index in [0.29, 0.717) is 24.1 Å². The number of nitrogens with one attached hydrogen (secondary N) is 1. The second kappa shape index (κ2) is 6.97. The number of hydrogen-bond donors (Lipinski definition) is 2. The third kappa shape index (κ3) is 4.23. The van der Waals surface area contributed by atoms with Crippen molar-refractivity contribution in [3.8, 4) is 11.8 Å². The van der Waals surface area contributed by atoms with Crippen LogP contribution < -0.4 is 5.32 Å². The maximum Gasteiger partial charge on any atom is 0.252 e. The van der Waals surface area contributed by atoms with Crippen LogP contribution in [-0.2, 0) is 0 Å². The molecule has 3 nitrogen and oxygen atoms in total. The Morgan fingerprint density at radius 3 is 2.90 bits per heavy atom. The van der Waals surface area contributed by atoms with E-state index in [1.807, 2.05) is 6.26 Å². The monoisotopic (exact) mass is 307 g/mol. The number of hydrogen-bond acceptors (Lipinski definition) is 3. The van der Waals surface area contributed by atoms with E-state index in [1.165, 1.54) is 18.2 Å². The lowest BCUT2D eigenvalue weighted by Gasteiger charge is -2.13. The molecule has 2 rings (SSSR count). The van der Waals surface area contributed by atoms with Crippen molar-refractivity contribution in [1.82, 2.24) is 5.32 Å². The third-order valence-corrected chi connectivity index (χ3v) is 4.92. The van der Waals surface area contributed by atoms with Crippen molar-refractivity contribution < 1.29 is 14.3 Å². The van der Waals surface area contributed by atoms with E-state index in [0.717, 1.165) is 12.8 Å². The first-order valence-corrected chi connectivity index (χ1v) is 8.05. The summed E-state index contributed by atoms with van der Waals surface area (Å²) in [6.07, 6.45) is 4.57. The van der Waals surface area contributed by atoms with Crippen molar-refractivity contribution in [2.24, 2.45) is 0 Å². The molecular formula is C16H18FNO2S. The average molecular weight is 307 g/mol. The van der Waals surface area contributed by atoms with E-state index in [1.54, 1.807) is 11.8 Å². The number of carbonyl (C=O) groups excluding carboxylic acids is 1. The molecule has 2 N–H and O–H groups in total. The molecule has 0 spiro atoms. The second-order valence-corrected chi connectivity index (χ2v) is 6.31. The first kappa shape index (κ1) is 15.9. The zero-order chi connectivity index (χ0) is 15.3. The molecular weight excluding hydrogens is 289 g/mol. The topological polar surface area (TPSA) is 49.3 Å². The predicted octanol–water partition coefficient (Wildman–Crippen LogP) is 2.19. The summed E-state index contributed by atoms with van der Waals surface area (Å²) >= 11 is 1.77. The molecule has 0 saturated heterocycles. The van der Waals surface area contributed by atoms with Crippen LogP contribution in [0.2, 0.25) is 0 Å². The van der Waals surface area contributed by atoms with E-state index < -0.39 is 5.82 Å². The molecule has 112 valence electrons. The van der Waals surface area contributed by atoms with Gasteiger partial charge in [-0.2, -0.15) is 11.8 Å². The van der Waals surface area contributed by atoms with Gasteiger partial charge in [-0.1, -0.05) is 11.8 Å². The fraction of sp³-hybridized carbons (Fsp3) is 0.438. The summed E-state index contributed by atoms with van der Waals surface area (Å²) in [5.41, 5.74) is 0.730. The van der Waals surface area contributed by atoms with Crippen LogP contribution >= 0.6 is 11.8 Å². The van der Waals surface area contributed by atoms with Crippen LogP contribution in [0.1, 0.15) is 35.2 Å². The van der Waals surface area contributed by atoms with Crippen molar-refractivity contribution in [2.75, 3.05) is 19.4 Å². The van der Waals surface area contributed by atoms with Crippen LogP contribution in [0, 0.1) is 17.7 Å². The quantitative estimate of drug-likeness (QED) is 0.820. The van der Waals surface area contributed by atoms with E-state index in [9.17, 15) is 9.18 Å². The van der Waals surface area contributed by atoms with Crippen LogP contribution in [-0.4, -0.2) is 35.2 Å². The van der Waals surface area contributed by atoms with Gasteiger partial charge in [0.05, 0.1) is 12.2 Å². The first-order valence-electron chi connectivity index (χ1n) is 6.83. The van der Waals surface area contributed by atoms with E-state index >= 15 is 0 Å². The fourth-order valence-corrected chi connectivity index (χ4v) is 2.69. The van der Waals surface area contributed by atoms with Gasteiger partial charge in [-0.3, -0.25) is 4.79 Å². The normalized spacial score (nSPS) is 15.0. The largest absolute Gasteiger partial charge is 0.395 e. The SMILES string of the molecule is CSC1(CNC(=O)c2ccc(F)cc2C#CCCO)CC1. The number of benzene rings is 1. The highest BCUT2D eigenvalue weighted by atomic mass is 32.2. The van der Waals surface area contributed by atoms with Gasteiger partial charge in [-0.25, -0.2) is 4.39 Å². The number of rotatable bonds is 5. The highest BCUT2D eigenvalue weighted by molar-refractivity contribution is 8.00. The van der Waals surface area contributed by atoms with Gasteiger partial charge in [0.15, 0.2) is 0 Å². The Hall–Kier alpha value is -1.51. The van der Waals surface area contributed by atoms with E-state index in [2.05, 4.69) is 17.2 Å². The van der Waals surface area contributed by atoms with Crippen LogP contribution in [0.15, 0.2) is 18.2 Å². The third-order valence-electron chi connectivity index (χ3n) is 3.50. The molecule has 1 saturated carbocycles. The lowest BCUT2D eigenvalue weighted by molar-refractivity contribution is 0.0952. The van der Waals surface area contributed by atoms with Crippen LogP contribution in [0.3, 0.4) is 0 Å². The van der Waals surface area contributed by atoms with Crippen molar-refractivity contribution in [1.29, 1.82) is 0 Å². The lowest BCUT2D eigenvalue weighted by atomic mass is 10.1. The molecule has 0 aromatic heterocycles. The molecule has 0 heterocycles. The van der Waals surface area contributed by atoms with Gasteiger partial charge in [0, 0.05) is 23.3 Å². The van der Waals surface area contributed by atoms with E-state index in [-0.39, 0.29) is 17.3 Å². The summed E-state index contributed by atoms with van der Waals surface area (Å²) in [5, 5.41) is 11.6. The molecule has 0 bridgehead atoms. The maximum atomic E-state index is 13.3. The molecule has 0 atom stereocenters. The molecule has 0 aliphatic heterocycles. The number of halogens is 1. The minimum Gasteiger partial charge on any atom is -0.395 e. The van der Waals surface area contributed by atoms with Gasteiger partial charge in [0.1, 0.15) is 5.82 Å². The summed E-state index contributed by atoms with van der Waals surface area (Å²) < 4.78 is 13.5. The molecule has 1 fully saturated rings. The van der Waals surface area contributed by atoms with Gasteiger partial charge in [-0.05, 0) is 37.3 Å². The highest BCUT2D eigenvalue weighted by Crippen LogP contribution is 2.46. The Morgan fingerprint density at radius 2 is 2.29 bits per heavy atom. The number of aliphatic hydroxyl groups is 1. The van der Waals surface area contributed by atoms with Gasteiger partial charge in [0.25, 0.3) is 5.91 Å². The standard InChI is InChI=1S/C16H18FNO2S/c1-21-16(7-8-16)11-18-15(20)14-6-5-13(17)10-12(14)4-2-3-9-19/h5-6,10,19H,3,7-9,11H2,1H3,(H,18,20). The minimum absolute atomic E-state index is 0.0555.